The molecule has 16 heteroatoms. The van der Waals surface area contributed by atoms with Gasteiger partial charge in [0.2, 0.25) is 18.3 Å². The van der Waals surface area contributed by atoms with Crippen LogP contribution in [-0.4, -0.2) is 92.0 Å². The average Bonchev–Trinajstić information content (AvgIpc) is 3.46. The highest BCUT2D eigenvalue weighted by Crippen LogP contribution is 2.44. The number of rotatable bonds is 13. The third kappa shape index (κ3) is 9.31. The number of fused-ring (bicyclic) bond motifs is 3. The number of ether oxygens (including phenoxy) is 7. The molecule has 0 radical (unpaired) electrons. The molecular weight excluding hydrogens is 708 g/mol. The number of alkyl carbamates (subject to hydrolysis) is 1. The normalized spacial score (nSPS) is 20.0. The number of amides is 2. The fraction of sp³-hybridized carbons (Fsp3) is 0.368. The Hall–Kier alpha value is -6.00. The molecule has 1 fully saturated rings. The fourth-order valence-electron chi connectivity index (χ4n) is 6.32. The average molecular weight is 749 g/mol. The molecule has 3 aromatic carbocycles. The molecule has 2 aliphatic rings. The van der Waals surface area contributed by atoms with Gasteiger partial charge in [-0.15, -0.1) is 0 Å². The highest BCUT2D eigenvalue weighted by Gasteiger charge is 2.56. The Kier molecular flexibility index (Phi) is 12.8. The first-order valence-electron chi connectivity index (χ1n) is 16.9. The topological polar surface area (TPSA) is 211 Å². The molecule has 1 aliphatic heterocycles. The lowest BCUT2D eigenvalue weighted by Gasteiger charge is -2.43. The van der Waals surface area contributed by atoms with Crippen molar-refractivity contribution in [3.05, 3.63) is 83.4 Å². The molecule has 5 unspecified atom stereocenters. The van der Waals surface area contributed by atoms with Crippen LogP contribution in [0.15, 0.2) is 66.7 Å². The van der Waals surface area contributed by atoms with E-state index in [9.17, 15) is 33.9 Å². The predicted octanol–water partition coefficient (Wildman–Crippen LogP) is 3.12. The molecule has 1 heterocycles. The van der Waals surface area contributed by atoms with Crippen molar-refractivity contribution in [1.82, 2.24) is 5.32 Å². The number of nitrogens with one attached hydrogen (secondary N) is 2. The van der Waals surface area contributed by atoms with Gasteiger partial charge in [-0.1, -0.05) is 54.6 Å². The summed E-state index contributed by atoms with van der Waals surface area (Å²) in [6, 6.07) is 20.1. The van der Waals surface area contributed by atoms with Crippen LogP contribution in [0.25, 0.3) is 11.1 Å². The lowest BCUT2D eigenvalue weighted by Crippen LogP contribution is -2.64. The van der Waals surface area contributed by atoms with Gasteiger partial charge < -0.3 is 48.9 Å². The third-order valence-corrected chi connectivity index (χ3v) is 8.54. The first-order valence-corrected chi connectivity index (χ1v) is 16.9. The molecule has 0 spiro atoms. The number of methoxy groups -OCH3 is 1. The molecule has 2 amide bonds. The zero-order valence-electron chi connectivity index (χ0n) is 29.9. The van der Waals surface area contributed by atoms with E-state index in [0.29, 0.717) is 5.56 Å². The van der Waals surface area contributed by atoms with Gasteiger partial charge in [0.25, 0.3) is 0 Å². The van der Waals surface area contributed by atoms with Crippen molar-refractivity contribution >= 4 is 41.6 Å². The van der Waals surface area contributed by atoms with Crippen LogP contribution in [0, 0.1) is 0 Å². The van der Waals surface area contributed by atoms with E-state index < -0.39 is 73.2 Å². The van der Waals surface area contributed by atoms with Gasteiger partial charge in [-0.25, -0.2) is 9.59 Å². The zero-order chi connectivity index (χ0) is 38.9. The summed E-state index contributed by atoms with van der Waals surface area (Å²) in [5, 5.41) is 15.0. The van der Waals surface area contributed by atoms with Gasteiger partial charge in [-0.3, -0.25) is 19.2 Å². The SMILES string of the molecule is COC(=O)C1OC(Oc2ccc(CO)cc2NC(=O)CCNC(=O)OCC2c3ccccc3-c3ccccc32)C(OC(C)=O)C(OC(C)=O)C1OC(C)=O. The number of carbonyl (C=O) groups is 6. The maximum atomic E-state index is 13.1. The van der Waals surface area contributed by atoms with Crippen molar-refractivity contribution in [3.63, 3.8) is 0 Å². The number of aliphatic hydroxyl groups is 1. The lowest BCUT2D eigenvalue weighted by molar-refractivity contribution is -0.282. The molecular formula is C38H40N2O14. The molecule has 5 atom stereocenters. The van der Waals surface area contributed by atoms with Crippen LogP contribution < -0.4 is 15.4 Å². The van der Waals surface area contributed by atoms with Crippen LogP contribution in [0.1, 0.15) is 49.8 Å². The Labute approximate surface area is 309 Å². The summed E-state index contributed by atoms with van der Waals surface area (Å²) in [5.41, 5.74) is 4.68. The molecule has 5 rings (SSSR count). The molecule has 0 aromatic heterocycles. The van der Waals surface area contributed by atoms with Gasteiger partial charge >= 0.3 is 30.0 Å². The summed E-state index contributed by atoms with van der Waals surface area (Å²) < 4.78 is 38.3. The van der Waals surface area contributed by atoms with E-state index in [1.54, 1.807) is 0 Å². The highest BCUT2D eigenvalue weighted by atomic mass is 16.7. The summed E-state index contributed by atoms with van der Waals surface area (Å²) in [7, 11) is 1.05. The molecule has 0 saturated carbocycles. The fourth-order valence-corrected chi connectivity index (χ4v) is 6.32. The monoisotopic (exact) mass is 748 g/mol. The largest absolute Gasteiger partial charge is 0.467 e. The second-order valence-electron chi connectivity index (χ2n) is 12.3. The van der Waals surface area contributed by atoms with Crippen molar-refractivity contribution in [3.8, 4) is 16.9 Å². The van der Waals surface area contributed by atoms with Crippen LogP contribution >= 0.6 is 0 Å². The zero-order valence-corrected chi connectivity index (χ0v) is 29.9. The molecule has 16 nitrogen and oxygen atoms in total. The molecule has 3 N–H and O–H groups in total. The summed E-state index contributed by atoms with van der Waals surface area (Å²) in [6.45, 7) is 2.75. The number of aliphatic hydroxyl groups excluding tert-OH is 1. The van der Waals surface area contributed by atoms with Gasteiger partial charge in [0.05, 0.1) is 19.4 Å². The van der Waals surface area contributed by atoms with E-state index in [0.717, 1.165) is 50.1 Å². The minimum absolute atomic E-state index is 0.0265. The minimum atomic E-state index is -1.71. The van der Waals surface area contributed by atoms with E-state index in [-0.39, 0.29) is 36.9 Å². The Bertz CT molecular complexity index is 1850. The van der Waals surface area contributed by atoms with Gasteiger partial charge in [0, 0.05) is 39.7 Å². The summed E-state index contributed by atoms with van der Waals surface area (Å²) in [4.78, 5) is 74.9. The summed E-state index contributed by atoms with van der Waals surface area (Å²) >= 11 is 0. The van der Waals surface area contributed by atoms with Gasteiger partial charge in [0.1, 0.15) is 12.4 Å². The quantitative estimate of drug-likeness (QED) is 0.169. The van der Waals surface area contributed by atoms with E-state index in [1.165, 1.54) is 18.2 Å². The van der Waals surface area contributed by atoms with Gasteiger partial charge in [0.15, 0.2) is 18.3 Å². The number of anilines is 1. The third-order valence-electron chi connectivity index (χ3n) is 8.54. The second-order valence-corrected chi connectivity index (χ2v) is 12.3. The number of benzene rings is 3. The van der Waals surface area contributed by atoms with E-state index >= 15 is 0 Å². The Balaban J connectivity index is 1.26. The van der Waals surface area contributed by atoms with Crippen LogP contribution in [0.2, 0.25) is 0 Å². The first-order chi connectivity index (χ1) is 25.9. The maximum Gasteiger partial charge on any atom is 0.407 e. The van der Waals surface area contributed by atoms with Gasteiger partial charge in [-0.05, 0) is 39.9 Å². The summed E-state index contributed by atoms with van der Waals surface area (Å²) in [6.07, 6.45) is -9.12. The predicted molar refractivity (Wildman–Crippen MR) is 187 cm³/mol. The van der Waals surface area contributed by atoms with Crippen molar-refractivity contribution in [2.45, 2.75) is 70.4 Å². The Morgan fingerprint density at radius 1 is 0.778 bits per heavy atom. The summed E-state index contributed by atoms with van der Waals surface area (Å²) in [5.74, 6) is -4.42. The second kappa shape index (κ2) is 17.7. The van der Waals surface area contributed by atoms with Crippen LogP contribution in [0.5, 0.6) is 5.75 Å². The minimum Gasteiger partial charge on any atom is -0.467 e. The van der Waals surface area contributed by atoms with Crippen molar-refractivity contribution in [1.29, 1.82) is 0 Å². The highest BCUT2D eigenvalue weighted by molar-refractivity contribution is 5.92. The van der Waals surface area contributed by atoms with Crippen LogP contribution in [-0.2, 0) is 59.0 Å². The molecule has 54 heavy (non-hydrogen) atoms. The molecule has 286 valence electrons. The lowest BCUT2D eigenvalue weighted by atomic mass is 9.97. The van der Waals surface area contributed by atoms with E-state index in [4.69, 9.17) is 33.2 Å². The van der Waals surface area contributed by atoms with Crippen molar-refractivity contribution in [2.24, 2.45) is 0 Å². The Morgan fingerprint density at radius 2 is 1.37 bits per heavy atom. The van der Waals surface area contributed by atoms with E-state index in [2.05, 4.69) is 10.6 Å². The van der Waals surface area contributed by atoms with Crippen molar-refractivity contribution in [2.75, 3.05) is 25.6 Å². The smallest absolute Gasteiger partial charge is 0.407 e. The molecule has 1 aliphatic carbocycles. The first kappa shape index (κ1) is 39.2. The van der Waals surface area contributed by atoms with Crippen LogP contribution in [0.3, 0.4) is 0 Å². The van der Waals surface area contributed by atoms with Crippen LogP contribution in [0.4, 0.5) is 10.5 Å². The van der Waals surface area contributed by atoms with Crippen molar-refractivity contribution < 1.29 is 67.0 Å². The number of hydrogen-bond acceptors (Lipinski definition) is 14. The number of esters is 4. The Morgan fingerprint density at radius 3 is 1.96 bits per heavy atom. The standard InChI is InChI=1S/C38H40N2O14/c1-20(42)50-32-33(51-21(2)43)35(52-22(3)44)37(54-34(32)36(46)48-4)53-30-14-13-23(18-41)17-29(30)40-31(45)15-16-39-38(47)49-19-28-26-11-7-5-9-24(26)25-10-6-8-12-27(25)28/h5-14,17,28,32-35,37,41H,15-16,18-19H2,1-4H3,(H,39,47)(H,40,45). The maximum absolute atomic E-state index is 13.1. The molecule has 1 saturated heterocycles. The molecule has 3 aromatic rings. The van der Waals surface area contributed by atoms with Gasteiger partial charge in [-0.2, -0.15) is 0 Å². The van der Waals surface area contributed by atoms with E-state index in [1.807, 2.05) is 48.5 Å². The number of hydrogen-bond donors (Lipinski definition) is 3. The number of carbonyl (C=O) groups excluding carboxylic acids is 6. The molecule has 0 bridgehead atoms.